The van der Waals surface area contributed by atoms with Crippen LogP contribution in [0, 0.1) is 17.5 Å². The molecule has 0 radical (unpaired) electrons. The molecule has 0 spiro atoms. The monoisotopic (exact) mass is 421 g/mol. The summed E-state index contributed by atoms with van der Waals surface area (Å²) in [6, 6.07) is 0.532. The van der Waals surface area contributed by atoms with E-state index in [4.69, 9.17) is 5.73 Å². The second-order valence-corrected chi connectivity index (χ2v) is 6.96. The zero-order chi connectivity index (χ0) is 20.9. The molecule has 158 valence electrons. The van der Waals surface area contributed by atoms with Crippen molar-refractivity contribution in [3.05, 3.63) is 47.5 Å². The first-order chi connectivity index (χ1) is 13.6. The highest BCUT2D eigenvalue weighted by atomic mass is 19.4. The van der Waals surface area contributed by atoms with E-state index in [1.807, 2.05) is 0 Å². The van der Waals surface area contributed by atoms with Gasteiger partial charge in [-0.15, -0.1) is 0 Å². The van der Waals surface area contributed by atoms with Crippen molar-refractivity contribution in [3.8, 4) is 0 Å². The number of amidine groups is 1. The number of fused-ring (bicyclic) bond motifs is 3. The van der Waals surface area contributed by atoms with Gasteiger partial charge in [0, 0.05) is 30.9 Å². The Morgan fingerprint density at radius 1 is 1.03 bits per heavy atom. The summed E-state index contributed by atoms with van der Waals surface area (Å²) in [5.74, 6) is -2.94. The maximum atomic E-state index is 13.8. The number of nitrogens with one attached hydrogen (secondary N) is 3. The Kier molecular flexibility index (Phi) is 4.83. The smallest absolute Gasteiger partial charge is 0.327 e. The van der Waals surface area contributed by atoms with Crippen LogP contribution in [0.1, 0.15) is 12.0 Å². The molecule has 3 aliphatic heterocycles. The first-order valence-electron chi connectivity index (χ1n) is 8.68. The summed E-state index contributed by atoms with van der Waals surface area (Å²) in [7, 11) is 0. The summed E-state index contributed by atoms with van der Waals surface area (Å²) in [6.45, 7) is 0. The number of halogens is 6. The van der Waals surface area contributed by atoms with Crippen molar-refractivity contribution in [2.24, 2.45) is 10.8 Å². The summed E-state index contributed by atoms with van der Waals surface area (Å²) in [4.78, 5) is 1.62. The van der Waals surface area contributed by atoms with Crippen LogP contribution in [0.25, 0.3) is 0 Å². The normalized spacial score (nSPS) is 26.9. The Morgan fingerprint density at radius 3 is 2.48 bits per heavy atom. The summed E-state index contributed by atoms with van der Waals surface area (Å²) in [5, 5.41) is 7.85. The van der Waals surface area contributed by atoms with Crippen LogP contribution >= 0.6 is 0 Å². The molecule has 1 aromatic carbocycles. The number of hydrogen-bond acceptors (Lipinski definition) is 7. The highest BCUT2D eigenvalue weighted by molar-refractivity contribution is 5.85. The molecule has 4 rings (SSSR count). The molecule has 0 amide bonds. The number of rotatable bonds is 4. The van der Waals surface area contributed by atoms with Crippen LogP contribution in [0.3, 0.4) is 0 Å². The van der Waals surface area contributed by atoms with Gasteiger partial charge in [0.25, 0.3) is 0 Å². The van der Waals surface area contributed by atoms with Crippen molar-refractivity contribution >= 4 is 5.84 Å². The maximum absolute atomic E-state index is 13.8. The van der Waals surface area contributed by atoms with E-state index in [0.717, 1.165) is 6.07 Å². The van der Waals surface area contributed by atoms with Gasteiger partial charge in [0.15, 0.2) is 24.0 Å². The van der Waals surface area contributed by atoms with Crippen molar-refractivity contribution in [1.29, 1.82) is 0 Å². The molecule has 3 aliphatic rings. The van der Waals surface area contributed by atoms with Gasteiger partial charge in [0.05, 0.1) is 0 Å². The molecular weight excluding hydrogens is 404 g/mol. The lowest BCUT2D eigenvalue weighted by Gasteiger charge is -2.36. The molecule has 13 heteroatoms. The van der Waals surface area contributed by atoms with E-state index < -0.39 is 48.2 Å². The van der Waals surface area contributed by atoms with Gasteiger partial charge in [-0.1, -0.05) is 0 Å². The van der Waals surface area contributed by atoms with E-state index in [-0.39, 0.29) is 18.4 Å². The molecule has 3 heterocycles. The van der Waals surface area contributed by atoms with Gasteiger partial charge in [0.2, 0.25) is 0 Å². The Bertz CT molecular complexity index is 857. The standard InChI is InChI=1S/C16H17F6N7/c17-9-6-11(19)10(18)4-7(9)3-8(23)5-12-25-26-14-13-24-15(16(20,21)22)27-29(13)2-1-28(12)14/h1-2,4,6,8,13-15,24,26-27H,3,5,23H2/t8-,13?,14?,15?/m1/s1. The van der Waals surface area contributed by atoms with Crippen LogP contribution in [0.2, 0.25) is 0 Å². The van der Waals surface area contributed by atoms with Gasteiger partial charge in [0.1, 0.15) is 17.8 Å². The summed E-state index contributed by atoms with van der Waals surface area (Å²) in [5.41, 5.74) is 11.0. The van der Waals surface area contributed by atoms with Crippen molar-refractivity contribution in [1.82, 2.24) is 26.1 Å². The molecule has 1 aromatic rings. The Morgan fingerprint density at radius 2 is 1.76 bits per heavy atom. The third-order valence-electron chi connectivity index (χ3n) is 4.87. The van der Waals surface area contributed by atoms with Crippen LogP contribution in [-0.4, -0.2) is 46.5 Å². The Labute approximate surface area is 161 Å². The van der Waals surface area contributed by atoms with E-state index in [1.54, 1.807) is 4.90 Å². The van der Waals surface area contributed by atoms with Crippen LogP contribution < -0.4 is 21.9 Å². The lowest BCUT2D eigenvalue weighted by Crippen LogP contribution is -2.58. The zero-order valence-electron chi connectivity index (χ0n) is 14.7. The van der Waals surface area contributed by atoms with E-state index in [0.29, 0.717) is 11.9 Å². The number of hydrazine groups is 1. The van der Waals surface area contributed by atoms with Gasteiger partial charge >= 0.3 is 6.18 Å². The molecule has 4 atom stereocenters. The predicted molar refractivity (Wildman–Crippen MR) is 89.7 cm³/mol. The minimum absolute atomic E-state index is 0.0736. The van der Waals surface area contributed by atoms with Gasteiger partial charge in [-0.25, -0.2) is 18.6 Å². The average Bonchev–Trinajstić information content (AvgIpc) is 3.23. The highest BCUT2D eigenvalue weighted by Gasteiger charge is 2.51. The molecule has 1 fully saturated rings. The number of nitrogens with two attached hydrogens (primary N) is 1. The number of nitrogens with zero attached hydrogens (tertiary/aromatic N) is 3. The van der Waals surface area contributed by atoms with Crippen LogP contribution in [0.4, 0.5) is 26.3 Å². The molecule has 7 nitrogen and oxygen atoms in total. The van der Waals surface area contributed by atoms with E-state index >= 15 is 0 Å². The first kappa shape index (κ1) is 19.8. The van der Waals surface area contributed by atoms with Gasteiger partial charge in [-0.05, 0) is 18.1 Å². The summed E-state index contributed by atoms with van der Waals surface area (Å²) in [6.07, 6.45) is -4.72. The van der Waals surface area contributed by atoms with Crippen molar-refractivity contribution in [3.63, 3.8) is 0 Å². The Hall–Kier alpha value is -2.51. The fraction of sp³-hybridized carbons (Fsp3) is 0.438. The fourth-order valence-electron chi connectivity index (χ4n) is 3.49. The van der Waals surface area contributed by atoms with Gasteiger partial charge in [-0.2, -0.15) is 18.3 Å². The second-order valence-electron chi connectivity index (χ2n) is 6.96. The van der Waals surface area contributed by atoms with Crippen molar-refractivity contribution in [2.75, 3.05) is 0 Å². The number of hydrazone groups is 1. The topological polar surface area (TPSA) is 80.9 Å². The van der Waals surface area contributed by atoms with Crippen LogP contribution in [0.5, 0.6) is 0 Å². The molecule has 0 bridgehead atoms. The van der Waals surface area contributed by atoms with Crippen LogP contribution in [-0.2, 0) is 6.42 Å². The lowest BCUT2D eigenvalue weighted by molar-refractivity contribution is -0.160. The predicted octanol–water partition coefficient (Wildman–Crippen LogP) is 1.02. The van der Waals surface area contributed by atoms with E-state index in [9.17, 15) is 26.3 Å². The van der Waals surface area contributed by atoms with Gasteiger partial charge in [-0.3, -0.25) is 15.8 Å². The molecule has 5 N–H and O–H groups in total. The minimum Gasteiger partial charge on any atom is -0.327 e. The molecule has 0 aromatic heterocycles. The molecule has 0 aliphatic carbocycles. The molecular formula is C16H17F6N7. The third kappa shape index (κ3) is 3.72. The molecule has 3 unspecified atom stereocenters. The number of alkyl halides is 3. The largest absolute Gasteiger partial charge is 0.418 e. The first-order valence-corrected chi connectivity index (χ1v) is 8.68. The Balaban J connectivity index is 1.41. The van der Waals surface area contributed by atoms with Crippen LogP contribution in [0.15, 0.2) is 29.6 Å². The maximum Gasteiger partial charge on any atom is 0.418 e. The minimum atomic E-state index is -4.48. The van der Waals surface area contributed by atoms with E-state index in [1.165, 1.54) is 17.4 Å². The SMILES string of the molecule is N[C@@H](CC1=NNC2C3NC(C(F)(F)F)NN3C=CN12)Cc1cc(F)c(F)cc1F. The molecule has 1 saturated heterocycles. The third-order valence-corrected chi connectivity index (χ3v) is 4.87. The zero-order valence-corrected chi connectivity index (χ0v) is 14.7. The number of hydrogen-bond donors (Lipinski definition) is 4. The molecule has 29 heavy (non-hydrogen) atoms. The summed E-state index contributed by atoms with van der Waals surface area (Å²) >= 11 is 0. The average molecular weight is 421 g/mol. The van der Waals surface area contributed by atoms with Gasteiger partial charge < -0.3 is 10.6 Å². The number of benzene rings is 1. The van der Waals surface area contributed by atoms with E-state index in [2.05, 4.69) is 21.3 Å². The molecule has 0 saturated carbocycles. The fourth-order valence-corrected chi connectivity index (χ4v) is 3.49. The lowest BCUT2D eigenvalue weighted by atomic mass is 10.0. The summed E-state index contributed by atoms with van der Waals surface area (Å²) < 4.78 is 79.1. The van der Waals surface area contributed by atoms with Crippen molar-refractivity contribution in [2.45, 2.75) is 43.6 Å². The highest BCUT2D eigenvalue weighted by Crippen LogP contribution is 2.28. The second kappa shape index (κ2) is 7.07. The quantitative estimate of drug-likeness (QED) is 0.430. The van der Waals surface area contributed by atoms with Crippen molar-refractivity contribution < 1.29 is 26.3 Å².